The second kappa shape index (κ2) is 6.84. The van der Waals surface area contributed by atoms with Crippen molar-refractivity contribution < 1.29 is 18.3 Å². The van der Waals surface area contributed by atoms with Gasteiger partial charge in [-0.3, -0.25) is 0 Å². The summed E-state index contributed by atoms with van der Waals surface area (Å²) < 4.78 is 31.0. The molecule has 0 heterocycles. The summed E-state index contributed by atoms with van der Waals surface area (Å²) in [7, 11) is -1.82. The lowest BCUT2D eigenvalue weighted by Gasteiger charge is -2.11. The Balaban J connectivity index is 2.58. The van der Waals surface area contributed by atoms with Gasteiger partial charge in [-0.05, 0) is 18.1 Å². The second-order valence-electron chi connectivity index (χ2n) is 4.13. The van der Waals surface area contributed by atoms with Gasteiger partial charge >= 0.3 is 0 Å². The fraction of sp³-hybridized carbons (Fsp3) is 0.500. The molecule has 5 nitrogen and oxygen atoms in total. The highest BCUT2D eigenvalue weighted by molar-refractivity contribution is 7.88. The predicted molar refractivity (Wildman–Crippen MR) is 69.5 cm³/mol. The number of hydrogen-bond acceptors (Lipinski definition) is 4. The Bertz CT molecular complexity index is 455. The monoisotopic (exact) mass is 273 g/mol. The summed E-state index contributed by atoms with van der Waals surface area (Å²) in [6.45, 7) is 2.00. The molecule has 1 aromatic carbocycles. The Morgan fingerprint density at radius 3 is 2.33 bits per heavy atom. The van der Waals surface area contributed by atoms with Gasteiger partial charge in [-0.2, -0.15) is 0 Å². The maximum Gasteiger partial charge on any atom is 0.215 e. The van der Waals surface area contributed by atoms with Crippen LogP contribution in [0.15, 0.2) is 24.3 Å². The number of sulfonamides is 1. The first-order valence-electron chi connectivity index (χ1n) is 5.65. The zero-order valence-corrected chi connectivity index (χ0v) is 11.4. The summed E-state index contributed by atoms with van der Waals surface area (Å²) in [6, 6.07) is 6.82. The van der Waals surface area contributed by atoms with Crippen LogP contribution in [0, 0.1) is 0 Å². The first kappa shape index (κ1) is 15.1. The molecule has 102 valence electrons. The Morgan fingerprint density at radius 2 is 1.83 bits per heavy atom. The maximum atomic E-state index is 11.8. The zero-order valence-electron chi connectivity index (χ0n) is 10.6. The predicted octanol–water partition coefficient (Wildman–Crippen LogP) is 0.633. The van der Waals surface area contributed by atoms with Crippen molar-refractivity contribution in [2.75, 3.05) is 13.7 Å². The van der Waals surface area contributed by atoms with Crippen LogP contribution in [0.25, 0.3) is 0 Å². The first-order valence-corrected chi connectivity index (χ1v) is 7.31. The number of aliphatic hydroxyl groups excluding tert-OH is 1. The van der Waals surface area contributed by atoms with Crippen molar-refractivity contribution in [3.05, 3.63) is 35.4 Å². The van der Waals surface area contributed by atoms with Crippen molar-refractivity contribution in [1.82, 2.24) is 4.72 Å². The smallest absolute Gasteiger partial charge is 0.215 e. The van der Waals surface area contributed by atoms with Crippen molar-refractivity contribution >= 4 is 10.0 Å². The van der Waals surface area contributed by atoms with E-state index in [9.17, 15) is 8.42 Å². The van der Waals surface area contributed by atoms with Crippen molar-refractivity contribution in [2.24, 2.45) is 0 Å². The molecule has 0 aliphatic carbocycles. The van der Waals surface area contributed by atoms with Gasteiger partial charge in [0.15, 0.2) is 0 Å². The summed E-state index contributed by atoms with van der Waals surface area (Å²) in [5.74, 6) is -0.0743. The fourth-order valence-corrected chi connectivity index (χ4v) is 2.56. The lowest BCUT2D eigenvalue weighted by molar-refractivity contribution is 0.122. The van der Waals surface area contributed by atoms with Crippen LogP contribution in [0.3, 0.4) is 0 Å². The minimum absolute atomic E-state index is 0.0450. The highest BCUT2D eigenvalue weighted by Crippen LogP contribution is 2.07. The molecular formula is C12H19NO4S. The van der Waals surface area contributed by atoms with Crippen LogP contribution in [-0.2, 0) is 27.1 Å². The highest BCUT2D eigenvalue weighted by Gasteiger charge is 2.12. The molecule has 0 saturated carbocycles. The van der Waals surface area contributed by atoms with Gasteiger partial charge in [0.1, 0.15) is 0 Å². The number of rotatable bonds is 7. The number of methoxy groups -OCH3 is 1. The van der Waals surface area contributed by atoms with Gasteiger partial charge in [0.25, 0.3) is 0 Å². The van der Waals surface area contributed by atoms with Crippen LogP contribution in [0.5, 0.6) is 0 Å². The lowest BCUT2D eigenvalue weighted by atomic mass is 10.2. The van der Waals surface area contributed by atoms with Gasteiger partial charge < -0.3 is 9.84 Å². The first-order chi connectivity index (χ1) is 8.46. The van der Waals surface area contributed by atoms with Crippen LogP contribution in [-0.4, -0.2) is 33.3 Å². The largest absolute Gasteiger partial charge is 0.392 e. The van der Waals surface area contributed by atoms with Crippen LogP contribution in [0.4, 0.5) is 0 Å². The van der Waals surface area contributed by atoms with Gasteiger partial charge in [-0.25, -0.2) is 13.1 Å². The third-order valence-corrected chi connectivity index (χ3v) is 3.88. The molecule has 0 aromatic heterocycles. The van der Waals surface area contributed by atoms with Crippen LogP contribution in [0.2, 0.25) is 0 Å². The number of ether oxygens (including phenoxy) is 1. The lowest BCUT2D eigenvalue weighted by Crippen LogP contribution is -2.32. The van der Waals surface area contributed by atoms with Crippen molar-refractivity contribution in [3.63, 3.8) is 0 Å². The molecule has 18 heavy (non-hydrogen) atoms. The van der Waals surface area contributed by atoms with E-state index in [0.717, 1.165) is 5.56 Å². The van der Waals surface area contributed by atoms with Gasteiger partial charge in [0.05, 0.1) is 18.5 Å². The van der Waals surface area contributed by atoms with Gasteiger partial charge in [0, 0.05) is 13.7 Å². The standard InChI is InChI=1S/C12H19NO4S/c1-10(17-2)7-13-18(15,16)9-12-5-3-11(8-14)4-6-12/h3-6,10,13-14H,7-9H2,1-2H3. The quantitative estimate of drug-likeness (QED) is 0.764. The maximum absolute atomic E-state index is 11.8. The molecule has 0 amide bonds. The molecule has 0 aliphatic heterocycles. The van der Waals surface area contributed by atoms with Crippen molar-refractivity contribution in [3.8, 4) is 0 Å². The minimum Gasteiger partial charge on any atom is -0.392 e. The molecule has 1 aromatic rings. The fourth-order valence-electron chi connectivity index (χ4n) is 1.34. The normalized spacial score (nSPS) is 13.5. The molecule has 0 aliphatic rings. The zero-order chi connectivity index (χ0) is 13.6. The molecule has 0 saturated heterocycles. The third kappa shape index (κ3) is 5.14. The summed E-state index contributed by atoms with van der Waals surface area (Å²) in [5.41, 5.74) is 1.45. The Labute approximate surface area is 108 Å². The summed E-state index contributed by atoms with van der Waals surface area (Å²) >= 11 is 0. The Morgan fingerprint density at radius 1 is 1.28 bits per heavy atom. The molecule has 2 N–H and O–H groups in total. The molecule has 0 radical (unpaired) electrons. The molecule has 1 rings (SSSR count). The molecule has 1 atom stereocenters. The molecule has 0 fully saturated rings. The van der Waals surface area contributed by atoms with E-state index in [0.29, 0.717) is 5.56 Å². The highest BCUT2D eigenvalue weighted by atomic mass is 32.2. The average molecular weight is 273 g/mol. The Kier molecular flexibility index (Phi) is 5.74. The van der Waals surface area contributed by atoms with Gasteiger partial charge in [0.2, 0.25) is 10.0 Å². The van der Waals surface area contributed by atoms with E-state index in [1.54, 1.807) is 31.2 Å². The van der Waals surface area contributed by atoms with E-state index in [2.05, 4.69) is 4.72 Å². The van der Waals surface area contributed by atoms with E-state index in [4.69, 9.17) is 9.84 Å². The SMILES string of the molecule is COC(C)CNS(=O)(=O)Cc1ccc(CO)cc1. The molecule has 0 bridgehead atoms. The summed E-state index contributed by atoms with van der Waals surface area (Å²) in [5, 5.41) is 8.89. The van der Waals surface area contributed by atoms with Gasteiger partial charge in [-0.1, -0.05) is 24.3 Å². The average Bonchev–Trinajstić information content (AvgIpc) is 2.36. The van der Waals surface area contributed by atoms with E-state index >= 15 is 0 Å². The van der Waals surface area contributed by atoms with Crippen LogP contribution < -0.4 is 4.72 Å². The third-order valence-electron chi connectivity index (χ3n) is 2.56. The van der Waals surface area contributed by atoms with Crippen LogP contribution in [0.1, 0.15) is 18.1 Å². The second-order valence-corrected chi connectivity index (χ2v) is 5.94. The van der Waals surface area contributed by atoms with Gasteiger partial charge in [-0.15, -0.1) is 0 Å². The van der Waals surface area contributed by atoms with Crippen LogP contribution >= 0.6 is 0 Å². The van der Waals surface area contributed by atoms with Crippen molar-refractivity contribution in [1.29, 1.82) is 0 Å². The topological polar surface area (TPSA) is 75.6 Å². The number of aliphatic hydroxyl groups is 1. The Hall–Kier alpha value is -0.950. The molecule has 0 spiro atoms. The molecule has 6 heteroatoms. The minimum atomic E-state index is -3.35. The summed E-state index contributed by atoms with van der Waals surface area (Å²) in [6.07, 6.45) is -0.156. The summed E-state index contributed by atoms with van der Waals surface area (Å²) in [4.78, 5) is 0. The van der Waals surface area contributed by atoms with E-state index in [1.165, 1.54) is 7.11 Å². The molecular weight excluding hydrogens is 254 g/mol. The molecule has 1 unspecified atom stereocenters. The van der Waals surface area contributed by atoms with E-state index in [-0.39, 0.29) is 25.0 Å². The number of nitrogens with one attached hydrogen (secondary N) is 1. The van der Waals surface area contributed by atoms with E-state index < -0.39 is 10.0 Å². The number of benzene rings is 1. The number of hydrogen-bond donors (Lipinski definition) is 2. The van der Waals surface area contributed by atoms with Crippen molar-refractivity contribution in [2.45, 2.75) is 25.4 Å². The van der Waals surface area contributed by atoms with E-state index in [1.807, 2.05) is 0 Å².